The minimum atomic E-state index is -1.33. The van der Waals surface area contributed by atoms with Crippen molar-refractivity contribution in [2.75, 3.05) is 13.2 Å². The van der Waals surface area contributed by atoms with E-state index in [2.05, 4.69) is 20.6 Å². The highest BCUT2D eigenvalue weighted by atomic mass is 16.3. The number of hydrogen-bond donors (Lipinski definition) is 8. The van der Waals surface area contributed by atoms with E-state index in [0.717, 1.165) is 5.56 Å². The average molecular weight is 512 g/mol. The Balaban J connectivity index is 2.13. The molecule has 13 nitrogen and oxygen atoms in total. The number of pyridine rings is 1. The lowest BCUT2D eigenvalue weighted by Gasteiger charge is -2.23. The van der Waals surface area contributed by atoms with Gasteiger partial charge < -0.3 is 38.7 Å². The number of carbonyl (C=O) groups is 3. The normalized spacial score (nSPS) is 13.0. The zero-order valence-electron chi connectivity index (χ0n) is 20.3. The van der Waals surface area contributed by atoms with Crippen molar-refractivity contribution in [1.82, 2.24) is 15.6 Å². The summed E-state index contributed by atoms with van der Waals surface area (Å²) in [5, 5.41) is 22.4. The molecule has 0 aliphatic carbocycles. The molecule has 0 fully saturated rings. The maximum absolute atomic E-state index is 13.3. The molecule has 0 aliphatic heterocycles. The van der Waals surface area contributed by atoms with Gasteiger partial charge in [-0.05, 0) is 36.5 Å². The van der Waals surface area contributed by atoms with Gasteiger partial charge in [-0.3, -0.25) is 29.8 Å². The molecule has 0 saturated carbocycles. The van der Waals surface area contributed by atoms with E-state index in [1.807, 2.05) is 0 Å². The number of nitrogens with one attached hydrogen (secondary N) is 3. The van der Waals surface area contributed by atoms with Gasteiger partial charge in [-0.1, -0.05) is 30.3 Å². The standard InChI is InChI=1S/C24H33N9O4/c25-20(26)15-7-5-14(6-8-15)11-17(16-3-1-9-30-12-16)22(36)33-19(13-34)23(37)32-18(21(27)35)4-2-10-31-24(28)29/h1,3,5-9,12,17-19,34H,2,4,10-11,13H2,(H3,25,26)(H2,27,35)(H,32,37)(H,33,36)(H4,28,29,31)/t17-,18-,19-/m0/s1. The van der Waals surface area contributed by atoms with E-state index in [1.54, 1.807) is 48.8 Å². The number of aliphatic hydroxyl groups is 1. The van der Waals surface area contributed by atoms with E-state index in [-0.39, 0.29) is 31.2 Å². The van der Waals surface area contributed by atoms with Crippen molar-refractivity contribution in [3.8, 4) is 0 Å². The molecule has 37 heavy (non-hydrogen) atoms. The summed E-state index contributed by atoms with van der Waals surface area (Å²) in [4.78, 5) is 45.7. The molecular formula is C24H33N9O4. The Hall–Kier alpha value is -4.52. The topological polar surface area (TPSA) is 249 Å². The first kappa shape index (κ1) is 28.7. The fourth-order valence-electron chi connectivity index (χ4n) is 3.53. The molecule has 2 rings (SSSR count). The van der Waals surface area contributed by atoms with Gasteiger partial charge in [0.15, 0.2) is 5.96 Å². The number of nitrogens with zero attached hydrogens (tertiary/aromatic N) is 2. The molecule has 0 saturated heterocycles. The van der Waals surface area contributed by atoms with Gasteiger partial charge in [0.2, 0.25) is 17.7 Å². The summed E-state index contributed by atoms with van der Waals surface area (Å²) in [6, 6.07) is 7.91. The highest BCUT2D eigenvalue weighted by molar-refractivity contribution is 5.95. The van der Waals surface area contributed by atoms with Crippen LogP contribution in [0.15, 0.2) is 53.8 Å². The Morgan fingerprint density at radius 3 is 2.22 bits per heavy atom. The van der Waals surface area contributed by atoms with Crippen LogP contribution in [0.1, 0.15) is 35.4 Å². The summed E-state index contributed by atoms with van der Waals surface area (Å²) in [7, 11) is 0. The minimum Gasteiger partial charge on any atom is -0.394 e. The lowest BCUT2D eigenvalue weighted by atomic mass is 9.91. The van der Waals surface area contributed by atoms with Crippen LogP contribution in [0.4, 0.5) is 0 Å². The minimum absolute atomic E-state index is 0.0737. The van der Waals surface area contributed by atoms with Crippen molar-refractivity contribution < 1.29 is 19.5 Å². The number of benzene rings is 1. The Bertz CT molecular complexity index is 1100. The Morgan fingerprint density at radius 1 is 1.00 bits per heavy atom. The highest BCUT2D eigenvalue weighted by Gasteiger charge is 2.29. The van der Waals surface area contributed by atoms with Crippen LogP contribution in [0.25, 0.3) is 0 Å². The van der Waals surface area contributed by atoms with Crippen LogP contribution < -0.4 is 33.6 Å². The summed E-state index contributed by atoms with van der Waals surface area (Å²) in [6.07, 6.45) is 3.90. The van der Waals surface area contributed by atoms with Crippen molar-refractivity contribution in [2.45, 2.75) is 37.3 Å². The summed E-state index contributed by atoms with van der Waals surface area (Å²) in [5.74, 6) is -2.98. The Morgan fingerprint density at radius 2 is 1.68 bits per heavy atom. The molecule has 13 heteroatoms. The molecule has 0 radical (unpaired) electrons. The van der Waals surface area contributed by atoms with E-state index >= 15 is 0 Å². The lowest BCUT2D eigenvalue weighted by Crippen LogP contribution is -2.55. The second-order valence-electron chi connectivity index (χ2n) is 8.31. The molecule has 3 amide bonds. The van der Waals surface area contributed by atoms with Crippen LogP contribution in [0.3, 0.4) is 0 Å². The number of aliphatic imine (C=N–C) groups is 1. The second-order valence-corrected chi connectivity index (χ2v) is 8.31. The van der Waals surface area contributed by atoms with Gasteiger partial charge in [-0.2, -0.15) is 0 Å². The summed E-state index contributed by atoms with van der Waals surface area (Å²) in [6.45, 7) is -0.466. The van der Waals surface area contributed by atoms with E-state index in [1.165, 1.54) is 0 Å². The zero-order valence-corrected chi connectivity index (χ0v) is 20.3. The van der Waals surface area contributed by atoms with Gasteiger partial charge in [-0.25, -0.2) is 0 Å². The number of rotatable bonds is 14. The van der Waals surface area contributed by atoms with Crippen LogP contribution in [0.2, 0.25) is 0 Å². The largest absolute Gasteiger partial charge is 0.394 e. The fraction of sp³-hybridized carbons (Fsp3) is 0.333. The zero-order chi connectivity index (χ0) is 27.4. The summed E-state index contributed by atoms with van der Waals surface area (Å²) >= 11 is 0. The Kier molecular flexibility index (Phi) is 11.0. The second kappa shape index (κ2) is 14.1. The van der Waals surface area contributed by atoms with Crippen LogP contribution in [0, 0.1) is 5.41 Å². The van der Waals surface area contributed by atoms with E-state index in [9.17, 15) is 19.5 Å². The van der Waals surface area contributed by atoms with Gasteiger partial charge >= 0.3 is 0 Å². The van der Waals surface area contributed by atoms with Crippen LogP contribution >= 0.6 is 0 Å². The van der Waals surface area contributed by atoms with Gasteiger partial charge in [0.1, 0.15) is 17.9 Å². The Labute approximate surface area is 214 Å². The maximum atomic E-state index is 13.3. The number of guanidine groups is 1. The first-order valence-electron chi connectivity index (χ1n) is 11.5. The monoisotopic (exact) mass is 511 g/mol. The maximum Gasteiger partial charge on any atom is 0.245 e. The molecule has 1 heterocycles. The highest BCUT2D eigenvalue weighted by Crippen LogP contribution is 2.21. The molecule has 198 valence electrons. The first-order valence-corrected chi connectivity index (χ1v) is 11.5. The molecule has 12 N–H and O–H groups in total. The lowest BCUT2D eigenvalue weighted by molar-refractivity contribution is -0.132. The van der Waals surface area contributed by atoms with Crippen LogP contribution in [-0.2, 0) is 20.8 Å². The molecule has 0 unspecified atom stereocenters. The van der Waals surface area contributed by atoms with Crippen molar-refractivity contribution in [3.63, 3.8) is 0 Å². The molecule has 0 aliphatic rings. The third-order valence-corrected chi connectivity index (χ3v) is 5.53. The van der Waals surface area contributed by atoms with Crippen LogP contribution in [-0.4, -0.2) is 64.8 Å². The predicted octanol–water partition coefficient (Wildman–Crippen LogP) is -1.81. The third kappa shape index (κ3) is 9.22. The number of hydrogen-bond acceptors (Lipinski definition) is 7. The van der Waals surface area contributed by atoms with Crippen molar-refractivity contribution in [3.05, 3.63) is 65.5 Å². The number of amidine groups is 1. The number of aromatic nitrogens is 1. The van der Waals surface area contributed by atoms with Crippen molar-refractivity contribution in [2.24, 2.45) is 27.9 Å². The summed E-state index contributed by atoms with van der Waals surface area (Å²) in [5.41, 5.74) is 23.4. The van der Waals surface area contributed by atoms with E-state index < -0.39 is 42.3 Å². The quantitative estimate of drug-likeness (QED) is 0.0813. The SMILES string of the molecule is N=C(N)c1ccc(C[C@H](C(=O)N[C@@H](CO)C(=O)N[C@@H](CCCN=C(N)N)C(N)=O)c2cccnc2)cc1. The number of nitrogens with two attached hydrogens (primary N) is 4. The van der Waals surface area contributed by atoms with E-state index in [0.29, 0.717) is 17.5 Å². The first-order chi connectivity index (χ1) is 17.6. The predicted molar refractivity (Wildman–Crippen MR) is 138 cm³/mol. The molecule has 1 aromatic carbocycles. The van der Waals surface area contributed by atoms with Gasteiger partial charge in [0.05, 0.1) is 12.5 Å². The molecule has 3 atom stereocenters. The molecule has 2 aromatic rings. The fourth-order valence-corrected chi connectivity index (χ4v) is 3.53. The number of aliphatic hydroxyl groups excluding tert-OH is 1. The molecule has 1 aromatic heterocycles. The number of amides is 3. The molecular weight excluding hydrogens is 478 g/mol. The van der Waals surface area contributed by atoms with Crippen molar-refractivity contribution >= 4 is 29.5 Å². The molecule has 0 bridgehead atoms. The van der Waals surface area contributed by atoms with Crippen molar-refractivity contribution in [1.29, 1.82) is 5.41 Å². The third-order valence-electron chi connectivity index (χ3n) is 5.53. The number of carbonyl (C=O) groups excluding carboxylic acids is 3. The molecule has 0 spiro atoms. The summed E-state index contributed by atoms with van der Waals surface area (Å²) < 4.78 is 0. The van der Waals surface area contributed by atoms with Gasteiger partial charge in [0, 0.05) is 24.5 Å². The number of nitrogen functional groups attached to an aromatic ring is 1. The van der Waals surface area contributed by atoms with Gasteiger partial charge in [0.25, 0.3) is 0 Å². The smallest absolute Gasteiger partial charge is 0.245 e. The number of primary amides is 1. The van der Waals surface area contributed by atoms with E-state index in [4.69, 9.17) is 28.3 Å². The average Bonchev–Trinajstić information content (AvgIpc) is 2.87. The van der Waals surface area contributed by atoms with Gasteiger partial charge in [-0.15, -0.1) is 0 Å². The van der Waals surface area contributed by atoms with Crippen LogP contribution in [0.5, 0.6) is 0 Å².